The van der Waals surface area contributed by atoms with Crippen molar-refractivity contribution in [3.05, 3.63) is 143 Å². The summed E-state index contributed by atoms with van der Waals surface area (Å²) in [5, 5.41) is 19.4. The molecular weight excluding hydrogens is 681 g/mol. The number of carboxylic acid groups (broad SMARTS) is 1. The van der Waals surface area contributed by atoms with E-state index in [0.717, 1.165) is 39.3 Å². The van der Waals surface area contributed by atoms with Crippen molar-refractivity contribution >= 4 is 72.6 Å². The van der Waals surface area contributed by atoms with Gasteiger partial charge in [0, 0.05) is 27.6 Å². The molecule has 2 heterocycles. The van der Waals surface area contributed by atoms with Gasteiger partial charge in [-0.25, -0.2) is 0 Å². The average Bonchev–Trinajstić information content (AvgIpc) is 3.55. The third kappa shape index (κ3) is 5.74. The minimum atomic E-state index is -0.816. The van der Waals surface area contributed by atoms with E-state index in [9.17, 15) is 14.7 Å². The zero-order chi connectivity index (χ0) is 38.6. The molecule has 8 rings (SSSR count). The molecule has 276 valence electrons. The summed E-state index contributed by atoms with van der Waals surface area (Å²) in [6.45, 7) is 15.1. The van der Waals surface area contributed by atoms with E-state index in [1.807, 2.05) is 0 Å². The van der Waals surface area contributed by atoms with Gasteiger partial charge in [0.1, 0.15) is 13.0 Å². The van der Waals surface area contributed by atoms with Crippen LogP contribution in [-0.2, 0) is 25.2 Å². The van der Waals surface area contributed by atoms with Crippen LogP contribution in [0.5, 0.6) is 0 Å². The van der Waals surface area contributed by atoms with Crippen LogP contribution < -0.4 is 4.90 Å². The van der Waals surface area contributed by atoms with E-state index < -0.39 is 11.4 Å². The summed E-state index contributed by atoms with van der Waals surface area (Å²) >= 11 is 0. The van der Waals surface area contributed by atoms with E-state index in [2.05, 4.69) is 166 Å². The molecule has 0 amide bonds. The molecule has 0 unspecified atom stereocenters. The lowest BCUT2D eigenvalue weighted by Gasteiger charge is -2.27. The molecule has 0 aromatic heterocycles. The first-order valence-corrected chi connectivity index (χ1v) is 19.1. The van der Waals surface area contributed by atoms with Crippen LogP contribution in [0.1, 0.15) is 59.1 Å². The number of benzene rings is 6. The van der Waals surface area contributed by atoms with Crippen LogP contribution in [0.3, 0.4) is 0 Å². The molecular formula is C49H47N2O4+. The SMILES string of the molecule is CC(=CC=C1N(CCOC=O)c2c(c3ccccc3c3ccccc23)C1(C)C)C=C(C)C1=[N+](CCC(=O)O)c2c(c3ccccc3c3ccccc23)C1(C)C. The summed E-state index contributed by atoms with van der Waals surface area (Å²) in [4.78, 5) is 25.7. The van der Waals surface area contributed by atoms with Gasteiger partial charge in [0.05, 0.1) is 23.0 Å². The van der Waals surface area contributed by atoms with Gasteiger partial charge in [-0.05, 0) is 77.7 Å². The number of nitrogens with zero attached hydrogens (tertiary/aromatic N) is 2. The normalized spacial score (nSPS) is 17.1. The fourth-order valence-corrected chi connectivity index (χ4v) is 9.75. The number of ether oxygens (including phenoxy) is 1. The first-order chi connectivity index (χ1) is 26.5. The van der Waals surface area contributed by atoms with Crippen molar-refractivity contribution in [1.82, 2.24) is 0 Å². The Morgan fingerprint density at radius 3 is 1.82 bits per heavy atom. The lowest BCUT2D eigenvalue weighted by molar-refractivity contribution is -0.435. The molecule has 55 heavy (non-hydrogen) atoms. The monoisotopic (exact) mass is 727 g/mol. The number of carboxylic acids is 1. The Balaban J connectivity index is 1.28. The molecule has 6 nitrogen and oxygen atoms in total. The number of carbonyl (C=O) groups excluding carboxylic acids is 1. The summed E-state index contributed by atoms with van der Waals surface area (Å²) in [6, 6.07) is 34.3. The Hall–Kier alpha value is -6.01. The Kier molecular flexibility index (Phi) is 8.96. The minimum Gasteiger partial charge on any atom is -0.481 e. The van der Waals surface area contributed by atoms with Crippen LogP contribution in [0.2, 0.25) is 0 Å². The van der Waals surface area contributed by atoms with Crippen LogP contribution >= 0.6 is 0 Å². The van der Waals surface area contributed by atoms with Gasteiger partial charge in [0.2, 0.25) is 5.69 Å². The Morgan fingerprint density at radius 1 is 0.727 bits per heavy atom. The number of rotatable bonds is 10. The van der Waals surface area contributed by atoms with Gasteiger partial charge in [0.15, 0.2) is 12.3 Å². The molecule has 0 bridgehead atoms. The second-order valence-electron chi connectivity index (χ2n) is 15.9. The minimum absolute atomic E-state index is 0.0248. The summed E-state index contributed by atoms with van der Waals surface area (Å²) in [5.74, 6) is -0.816. The highest BCUT2D eigenvalue weighted by Gasteiger charge is 2.49. The van der Waals surface area contributed by atoms with Gasteiger partial charge in [-0.1, -0.05) is 123 Å². The number of anilines is 1. The van der Waals surface area contributed by atoms with Gasteiger partial charge in [-0.3, -0.25) is 9.59 Å². The summed E-state index contributed by atoms with van der Waals surface area (Å²) in [5.41, 5.74) is 8.42. The molecule has 0 saturated heterocycles. The van der Waals surface area contributed by atoms with Crippen LogP contribution in [0.25, 0.3) is 43.1 Å². The number of fused-ring (bicyclic) bond motifs is 12. The predicted octanol–water partition coefficient (Wildman–Crippen LogP) is 10.9. The van der Waals surface area contributed by atoms with Crippen LogP contribution in [0.15, 0.2) is 132 Å². The quantitative estimate of drug-likeness (QED) is 0.0500. The molecule has 0 spiro atoms. The van der Waals surface area contributed by atoms with E-state index in [1.165, 1.54) is 48.8 Å². The van der Waals surface area contributed by atoms with E-state index >= 15 is 0 Å². The zero-order valence-electron chi connectivity index (χ0n) is 32.4. The third-order valence-corrected chi connectivity index (χ3v) is 11.8. The number of aliphatic carboxylic acids is 1. The molecule has 0 fully saturated rings. The molecule has 6 heteroatoms. The highest BCUT2D eigenvalue weighted by molar-refractivity contribution is 6.20. The second-order valence-corrected chi connectivity index (χ2v) is 15.9. The summed E-state index contributed by atoms with van der Waals surface area (Å²) < 4.78 is 7.56. The maximum Gasteiger partial charge on any atom is 0.309 e. The summed E-state index contributed by atoms with van der Waals surface area (Å²) in [6.07, 6.45) is 6.67. The van der Waals surface area contributed by atoms with Crippen molar-refractivity contribution in [1.29, 1.82) is 0 Å². The highest BCUT2D eigenvalue weighted by Crippen LogP contribution is 2.54. The molecule has 2 aliphatic heterocycles. The molecule has 6 aromatic carbocycles. The van der Waals surface area contributed by atoms with Crippen molar-refractivity contribution in [2.24, 2.45) is 0 Å². The molecule has 0 aliphatic carbocycles. The summed E-state index contributed by atoms with van der Waals surface area (Å²) in [7, 11) is 0. The van der Waals surface area contributed by atoms with E-state index in [0.29, 0.717) is 19.6 Å². The second kappa shape index (κ2) is 13.7. The third-order valence-electron chi connectivity index (χ3n) is 11.8. The molecule has 0 atom stereocenters. The van der Waals surface area contributed by atoms with Gasteiger partial charge >= 0.3 is 5.97 Å². The van der Waals surface area contributed by atoms with Crippen molar-refractivity contribution < 1.29 is 24.0 Å². The first-order valence-electron chi connectivity index (χ1n) is 19.1. The van der Waals surface area contributed by atoms with E-state index in [1.54, 1.807) is 0 Å². The van der Waals surface area contributed by atoms with Gasteiger partial charge < -0.3 is 14.7 Å². The molecule has 0 saturated carbocycles. The van der Waals surface area contributed by atoms with Gasteiger partial charge in [-0.15, -0.1) is 0 Å². The Morgan fingerprint density at radius 2 is 1.24 bits per heavy atom. The number of allylic oxidation sites excluding steroid dienone is 6. The average molecular weight is 728 g/mol. The van der Waals surface area contributed by atoms with Crippen molar-refractivity contribution in [3.8, 4) is 0 Å². The van der Waals surface area contributed by atoms with Crippen molar-refractivity contribution in [2.75, 3.05) is 24.6 Å². The molecule has 1 N–H and O–H groups in total. The van der Waals surface area contributed by atoms with E-state index in [-0.39, 0.29) is 18.4 Å². The predicted molar refractivity (Wildman–Crippen MR) is 226 cm³/mol. The van der Waals surface area contributed by atoms with E-state index in [4.69, 9.17) is 4.74 Å². The fourth-order valence-electron chi connectivity index (χ4n) is 9.75. The number of hydrogen-bond donors (Lipinski definition) is 1. The van der Waals surface area contributed by atoms with Gasteiger partial charge in [0.25, 0.3) is 6.47 Å². The molecule has 6 aromatic rings. The standard InChI is InChI=1S/C49H46N2O4/c1-31(23-24-41-48(3,4)43-37-19-11-7-15-33(37)35-17-9-13-21-39(35)45(43)50(41)27-28-55-30-52)29-32(2)47-49(5,6)44-38-20-12-8-16-34(38)36-18-10-14-22-40(36)46(44)51(47)26-25-42(53)54/h7-24,29-30H,25-28H2,1-6H3/p+1. The van der Waals surface area contributed by atoms with Crippen LogP contribution in [-0.4, -0.2) is 47.5 Å². The molecule has 2 aliphatic rings. The zero-order valence-corrected chi connectivity index (χ0v) is 32.4. The van der Waals surface area contributed by atoms with Crippen LogP contribution in [0, 0.1) is 0 Å². The molecule has 0 radical (unpaired) electrons. The van der Waals surface area contributed by atoms with Crippen molar-refractivity contribution in [2.45, 2.75) is 58.8 Å². The Labute approximate surface area is 322 Å². The Bertz CT molecular complexity index is 2710. The lowest BCUT2D eigenvalue weighted by atomic mass is 9.76. The smallest absolute Gasteiger partial charge is 0.309 e. The maximum atomic E-state index is 12.1. The van der Waals surface area contributed by atoms with Crippen LogP contribution in [0.4, 0.5) is 11.4 Å². The largest absolute Gasteiger partial charge is 0.481 e. The topological polar surface area (TPSA) is 69.8 Å². The fraction of sp³-hybridized carbons (Fsp3) is 0.245. The van der Waals surface area contributed by atoms with Crippen molar-refractivity contribution in [3.63, 3.8) is 0 Å². The lowest BCUT2D eigenvalue weighted by Crippen LogP contribution is -2.31. The maximum absolute atomic E-state index is 12.1. The highest BCUT2D eigenvalue weighted by atomic mass is 16.5. The van der Waals surface area contributed by atoms with Gasteiger partial charge in [-0.2, -0.15) is 4.58 Å². The first kappa shape index (κ1) is 36.0. The number of hydrogen-bond acceptors (Lipinski definition) is 4. The number of carbonyl (C=O) groups is 2.